The first-order valence-corrected chi connectivity index (χ1v) is 7.27. The molecule has 1 rings (SSSR count). The zero-order valence-corrected chi connectivity index (χ0v) is 13.1. The topological polar surface area (TPSA) is 55.0 Å². The Kier molecular flexibility index (Phi) is 5.53. The van der Waals surface area contributed by atoms with Crippen molar-refractivity contribution >= 4 is 15.9 Å². The molecule has 0 aliphatic carbocycles. The summed E-state index contributed by atoms with van der Waals surface area (Å²) in [7, 11) is 0. The summed E-state index contributed by atoms with van der Waals surface area (Å²) >= 11 is 3.28. The molecule has 5 heteroatoms. The van der Waals surface area contributed by atoms with Gasteiger partial charge in [-0.15, -0.1) is 0 Å². The summed E-state index contributed by atoms with van der Waals surface area (Å²) in [5.74, 6) is 0.638. The molecular formula is C13H21BrN2O2. The molecule has 0 saturated carbocycles. The second-order valence-electron chi connectivity index (χ2n) is 4.16. The van der Waals surface area contributed by atoms with Crippen molar-refractivity contribution in [3.8, 4) is 0 Å². The standard InChI is InChI=1S/C13H21BrN2O2/c1-5-9-10(14)11(17)16-12(15-9)13(6-2,7-3)18-8-4/h5-8H2,1-4H3,(H,15,16,17). The van der Waals surface area contributed by atoms with Gasteiger partial charge in [0, 0.05) is 6.61 Å². The van der Waals surface area contributed by atoms with E-state index in [0.29, 0.717) is 23.3 Å². The zero-order valence-electron chi connectivity index (χ0n) is 11.5. The minimum atomic E-state index is -0.488. The van der Waals surface area contributed by atoms with E-state index in [1.54, 1.807) is 0 Å². The molecule has 0 aromatic carbocycles. The first-order valence-electron chi connectivity index (χ1n) is 6.47. The fourth-order valence-corrected chi connectivity index (χ4v) is 2.56. The molecule has 0 aliphatic rings. The fourth-order valence-electron chi connectivity index (χ4n) is 2.09. The third-order valence-electron chi connectivity index (χ3n) is 3.26. The van der Waals surface area contributed by atoms with Crippen LogP contribution in [0.1, 0.15) is 52.1 Å². The largest absolute Gasteiger partial charge is 0.367 e. The van der Waals surface area contributed by atoms with Crippen molar-refractivity contribution in [3.05, 3.63) is 26.3 Å². The molecule has 102 valence electrons. The van der Waals surface area contributed by atoms with Gasteiger partial charge in [-0.1, -0.05) is 20.8 Å². The van der Waals surface area contributed by atoms with Crippen LogP contribution in [0.3, 0.4) is 0 Å². The Morgan fingerprint density at radius 3 is 2.33 bits per heavy atom. The molecule has 1 aromatic heterocycles. The molecule has 0 radical (unpaired) electrons. The Hall–Kier alpha value is -0.680. The average Bonchev–Trinajstić information content (AvgIpc) is 2.39. The lowest BCUT2D eigenvalue weighted by Gasteiger charge is -2.30. The summed E-state index contributed by atoms with van der Waals surface area (Å²) in [4.78, 5) is 19.3. The molecule has 4 nitrogen and oxygen atoms in total. The molecule has 0 atom stereocenters. The molecule has 1 N–H and O–H groups in total. The summed E-state index contributed by atoms with van der Waals surface area (Å²) in [5, 5.41) is 0. The Bertz CT molecular complexity index is 453. The quantitative estimate of drug-likeness (QED) is 0.877. The van der Waals surface area contributed by atoms with Crippen LogP contribution in [0.25, 0.3) is 0 Å². The predicted molar refractivity (Wildman–Crippen MR) is 75.8 cm³/mol. The molecule has 0 saturated heterocycles. The van der Waals surface area contributed by atoms with Crippen LogP contribution < -0.4 is 5.56 Å². The number of rotatable bonds is 6. The lowest BCUT2D eigenvalue weighted by molar-refractivity contribution is -0.0574. The van der Waals surface area contributed by atoms with Crippen molar-refractivity contribution in [1.29, 1.82) is 0 Å². The normalized spacial score (nSPS) is 11.8. The number of nitrogens with zero attached hydrogens (tertiary/aromatic N) is 1. The number of halogens is 1. The number of ether oxygens (including phenoxy) is 1. The molecule has 18 heavy (non-hydrogen) atoms. The van der Waals surface area contributed by atoms with Crippen LogP contribution in [0.4, 0.5) is 0 Å². The number of aryl methyl sites for hydroxylation is 1. The lowest BCUT2D eigenvalue weighted by atomic mass is 9.95. The number of nitrogens with one attached hydrogen (secondary N) is 1. The smallest absolute Gasteiger partial charge is 0.265 e. The highest BCUT2D eigenvalue weighted by atomic mass is 79.9. The third-order valence-corrected chi connectivity index (χ3v) is 4.08. The van der Waals surface area contributed by atoms with Crippen molar-refractivity contribution in [1.82, 2.24) is 9.97 Å². The maximum absolute atomic E-state index is 11.9. The van der Waals surface area contributed by atoms with Gasteiger partial charge in [0.15, 0.2) is 0 Å². The van der Waals surface area contributed by atoms with E-state index in [1.165, 1.54) is 0 Å². The minimum Gasteiger partial charge on any atom is -0.367 e. The molecule has 1 aromatic rings. The van der Waals surface area contributed by atoms with Gasteiger partial charge in [-0.05, 0) is 42.1 Å². The predicted octanol–water partition coefficient (Wildman–Crippen LogP) is 3.15. The first kappa shape index (κ1) is 15.4. The minimum absolute atomic E-state index is 0.136. The maximum Gasteiger partial charge on any atom is 0.265 e. The van der Waals surface area contributed by atoms with E-state index in [4.69, 9.17) is 4.74 Å². The van der Waals surface area contributed by atoms with E-state index in [2.05, 4.69) is 25.9 Å². The fraction of sp³-hybridized carbons (Fsp3) is 0.692. The molecule has 0 spiro atoms. The Morgan fingerprint density at radius 1 is 1.28 bits per heavy atom. The SMILES string of the molecule is CCOC(CC)(CC)c1nc(CC)c(Br)c(=O)[nH]1. The van der Waals surface area contributed by atoms with E-state index >= 15 is 0 Å². The van der Waals surface area contributed by atoms with Gasteiger partial charge in [0.2, 0.25) is 0 Å². The van der Waals surface area contributed by atoms with Crippen molar-refractivity contribution in [2.75, 3.05) is 6.61 Å². The number of aromatic amines is 1. The number of hydrogen-bond donors (Lipinski definition) is 1. The Labute approximate surface area is 116 Å². The molecule has 0 amide bonds. The Balaban J connectivity index is 3.37. The zero-order chi connectivity index (χ0) is 13.8. The molecule has 0 fully saturated rings. The molecule has 1 heterocycles. The van der Waals surface area contributed by atoms with Crippen LogP contribution in [0.15, 0.2) is 9.27 Å². The van der Waals surface area contributed by atoms with Crippen molar-refractivity contribution < 1.29 is 4.74 Å². The van der Waals surface area contributed by atoms with Gasteiger partial charge >= 0.3 is 0 Å². The van der Waals surface area contributed by atoms with E-state index < -0.39 is 5.60 Å². The van der Waals surface area contributed by atoms with Crippen LogP contribution >= 0.6 is 15.9 Å². The lowest BCUT2D eigenvalue weighted by Crippen LogP contribution is -2.34. The summed E-state index contributed by atoms with van der Waals surface area (Å²) in [6, 6.07) is 0. The first-order chi connectivity index (χ1) is 8.54. The number of H-pyrrole nitrogens is 1. The highest BCUT2D eigenvalue weighted by Gasteiger charge is 2.32. The highest BCUT2D eigenvalue weighted by molar-refractivity contribution is 9.10. The summed E-state index contributed by atoms with van der Waals surface area (Å²) in [5.41, 5.74) is 0.154. The number of hydrogen-bond acceptors (Lipinski definition) is 3. The van der Waals surface area contributed by atoms with Gasteiger partial charge in [0.25, 0.3) is 5.56 Å². The van der Waals surface area contributed by atoms with E-state index in [-0.39, 0.29) is 5.56 Å². The molecule has 0 bridgehead atoms. The van der Waals surface area contributed by atoms with Gasteiger partial charge in [-0.2, -0.15) is 0 Å². The van der Waals surface area contributed by atoms with Crippen molar-refractivity contribution in [2.24, 2.45) is 0 Å². The maximum atomic E-state index is 11.9. The number of aromatic nitrogens is 2. The van der Waals surface area contributed by atoms with Crippen molar-refractivity contribution in [3.63, 3.8) is 0 Å². The molecule has 0 aliphatic heterocycles. The second kappa shape index (κ2) is 6.48. The highest BCUT2D eigenvalue weighted by Crippen LogP contribution is 2.30. The van der Waals surface area contributed by atoms with Gasteiger partial charge in [-0.3, -0.25) is 4.79 Å². The molecule has 0 unspecified atom stereocenters. The van der Waals surface area contributed by atoms with Crippen LogP contribution in [0.5, 0.6) is 0 Å². The van der Waals surface area contributed by atoms with Gasteiger partial charge in [0.1, 0.15) is 15.9 Å². The van der Waals surface area contributed by atoms with Crippen molar-refractivity contribution in [2.45, 2.75) is 52.6 Å². The van der Waals surface area contributed by atoms with Crippen LogP contribution in [-0.2, 0) is 16.8 Å². The van der Waals surface area contributed by atoms with Crippen LogP contribution in [0, 0.1) is 0 Å². The van der Waals surface area contributed by atoms with E-state index in [0.717, 1.165) is 18.5 Å². The Morgan fingerprint density at radius 2 is 1.89 bits per heavy atom. The second-order valence-corrected chi connectivity index (χ2v) is 4.96. The van der Waals surface area contributed by atoms with Gasteiger partial charge < -0.3 is 9.72 Å². The van der Waals surface area contributed by atoms with Crippen LogP contribution in [0.2, 0.25) is 0 Å². The summed E-state index contributed by atoms with van der Waals surface area (Å²) in [6.45, 7) is 8.64. The third kappa shape index (κ3) is 2.83. The van der Waals surface area contributed by atoms with Gasteiger partial charge in [0.05, 0.1) is 5.69 Å². The van der Waals surface area contributed by atoms with Crippen LogP contribution in [-0.4, -0.2) is 16.6 Å². The van der Waals surface area contributed by atoms with E-state index in [9.17, 15) is 4.79 Å². The summed E-state index contributed by atoms with van der Waals surface area (Å²) < 4.78 is 6.38. The van der Waals surface area contributed by atoms with E-state index in [1.807, 2.05) is 27.7 Å². The average molecular weight is 317 g/mol. The monoisotopic (exact) mass is 316 g/mol. The van der Waals surface area contributed by atoms with Gasteiger partial charge in [-0.25, -0.2) is 4.98 Å². The summed E-state index contributed by atoms with van der Waals surface area (Å²) in [6.07, 6.45) is 2.28. The molecular weight excluding hydrogens is 296 g/mol.